The molecular weight excluding hydrogens is 198 g/mol. The van der Waals surface area contributed by atoms with Gasteiger partial charge in [0.1, 0.15) is 0 Å². The molecule has 0 saturated heterocycles. The van der Waals surface area contributed by atoms with Crippen molar-refractivity contribution in [2.45, 2.75) is 65.8 Å². The van der Waals surface area contributed by atoms with Gasteiger partial charge in [-0.15, -0.1) is 5.10 Å². The zero-order chi connectivity index (χ0) is 12.3. The molecule has 0 aliphatic carbocycles. The maximum absolute atomic E-state index is 4.30. The predicted molar refractivity (Wildman–Crippen MR) is 67.5 cm³/mol. The third-order valence-corrected chi connectivity index (χ3v) is 3.46. The van der Waals surface area contributed by atoms with Crippen LogP contribution in [0.3, 0.4) is 0 Å². The van der Waals surface area contributed by atoms with Crippen molar-refractivity contribution in [3.63, 3.8) is 0 Å². The summed E-state index contributed by atoms with van der Waals surface area (Å²) in [5.74, 6) is 1.09. The standard InChI is InChI=1S/C13H25N3/c1-7-8-13(5,6)16-9-12(14-15-16)11(4)10(2)3/h9-11H,7-8H2,1-6H3. The van der Waals surface area contributed by atoms with Crippen LogP contribution in [0.1, 0.15) is 66.0 Å². The van der Waals surface area contributed by atoms with Crippen LogP contribution in [0, 0.1) is 5.92 Å². The van der Waals surface area contributed by atoms with Crippen molar-refractivity contribution in [3.8, 4) is 0 Å². The van der Waals surface area contributed by atoms with Crippen molar-refractivity contribution in [1.82, 2.24) is 15.0 Å². The minimum atomic E-state index is 0.0801. The Morgan fingerprint density at radius 2 is 1.94 bits per heavy atom. The summed E-state index contributed by atoms with van der Waals surface area (Å²) in [5, 5.41) is 8.58. The van der Waals surface area contributed by atoms with E-state index in [0.717, 1.165) is 12.1 Å². The zero-order valence-electron chi connectivity index (χ0n) is 11.5. The van der Waals surface area contributed by atoms with Crippen molar-refractivity contribution in [2.75, 3.05) is 0 Å². The molecule has 0 aromatic carbocycles. The molecule has 3 nitrogen and oxygen atoms in total. The van der Waals surface area contributed by atoms with Gasteiger partial charge in [0.05, 0.1) is 11.2 Å². The first kappa shape index (κ1) is 13.2. The highest BCUT2D eigenvalue weighted by molar-refractivity contribution is 5.02. The molecule has 0 bridgehead atoms. The maximum Gasteiger partial charge on any atom is 0.0858 e. The summed E-state index contributed by atoms with van der Waals surface area (Å²) >= 11 is 0. The van der Waals surface area contributed by atoms with Crippen LogP contribution < -0.4 is 0 Å². The molecule has 1 aromatic rings. The summed E-state index contributed by atoms with van der Waals surface area (Å²) in [6.45, 7) is 13.3. The van der Waals surface area contributed by atoms with Gasteiger partial charge in [0, 0.05) is 12.1 Å². The second-order valence-corrected chi connectivity index (χ2v) is 5.68. The molecule has 0 amide bonds. The van der Waals surface area contributed by atoms with E-state index in [0.29, 0.717) is 11.8 Å². The number of hydrogen-bond donors (Lipinski definition) is 0. The van der Waals surface area contributed by atoms with E-state index in [9.17, 15) is 0 Å². The van der Waals surface area contributed by atoms with Crippen LogP contribution >= 0.6 is 0 Å². The van der Waals surface area contributed by atoms with Crippen LogP contribution in [0.4, 0.5) is 0 Å². The Morgan fingerprint density at radius 1 is 1.31 bits per heavy atom. The molecule has 92 valence electrons. The third-order valence-electron chi connectivity index (χ3n) is 3.46. The summed E-state index contributed by atoms with van der Waals surface area (Å²) in [4.78, 5) is 0. The van der Waals surface area contributed by atoms with Gasteiger partial charge in [0.15, 0.2) is 0 Å². The second-order valence-electron chi connectivity index (χ2n) is 5.68. The van der Waals surface area contributed by atoms with Gasteiger partial charge in [-0.2, -0.15) is 0 Å². The molecule has 1 rings (SSSR count). The highest BCUT2D eigenvalue weighted by atomic mass is 15.4. The summed E-state index contributed by atoms with van der Waals surface area (Å²) in [6, 6.07) is 0. The first-order chi connectivity index (χ1) is 7.38. The van der Waals surface area contributed by atoms with Crippen LogP contribution in [0.2, 0.25) is 0 Å². The molecule has 1 unspecified atom stereocenters. The van der Waals surface area contributed by atoms with E-state index in [-0.39, 0.29) is 5.54 Å². The highest BCUT2D eigenvalue weighted by Crippen LogP contribution is 2.25. The van der Waals surface area contributed by atoms with Gasteiger partial charge in [0.25, 0.3) is 0 Å². The van der Waals surface area contributed by atoms with E-state index in [1.54, 1.807) is 0 Å². The zero-order valence-corrected chi connectivity index (χ0v) is 11.5. The molecule has 1 heterocycles. The highest BCUT2D eigenvalue weighted by Gasteiger charge is 2.22. The molecule has 0 fully saturated rings. The van der Waals surface area contributed by atoms with E-state index in [4.69, 9.17) is 0 Å². The third kappa shape index (κ3) is 2.83. The quantitative estimate of drug-likeness (QED) is 0.764. The fourth-order valence-electron chi connectivity index (χ4n) is 1.85. The lowest BCUT2D eigenvalue weighted by Crippen LogP contribution is -2.26. The molecule has 0 radical (unpaired) electrons. The van der Waals surface area contributed by atoms with Crippen molar-refractivity contribution in [3.05, 3.63) is 11.9 Å². The fourth-order valence-corrected chi connectivity index (χ4v) is 1.85. The van der Waals surface area contributed by atoms with Crippen molar-refractivity contribution >= 4 is 0 Å². The average Bonchev–Trinajstić information content (AvgIpc) is 2.65. The Labute approximate surface area is 99.2 Å². The maximum atomic E-state index is 4.30. The van der Waals surface area contributed by atoms with E-state index in [2.05, 4.69) is 58.1 Å². The predicted octanol–water partition coefficient (Wildman–Crippen LogP) is 3.57. The van der Waals surface area contributed by atoms with E-state index < -0.39 is 0 Å². The lowest BCUT2D eigenvalue weighted by atomic mass is 9.95. The number of hydrogen-bond acceptors (Lipinski definition) is 2. The molecular formula is C13H25N3. The summed E-state index contributed by atoms with van der Waals surface area (Å²) < 4.78 is 2.02. The Kier molecular flexibility index (Phi) is 4.11. The van der Waals surface area contributed by atoms with Crippen LogP contribution in [0.5, 0.6) is 0 Å². The molecule has 0 saturated carbocycles. The summed E-state index contributed by atoms with van der Waals surface area (Å²) in [7, 11) is 0. The Bertz CT molecular complexity index is 326. The number of aromatic nitrogens is 3. The Hall–Kier alpha value is -0.860. The van der Waals surface area contributed by atoms with Gasteiger partial charge < -0.3 is 0 Å². The van der Waals surface area contributed by atoms with E-state index in [1.807, 2.05) is 4.68 Å². The van der Waals surface area contributed by atoms with Gasteiger partial charge in [-0.1, -0.05) is 39.3 Å². The Balaban J connectivity index is 2.86. The van der Waals surface area contributed by atoms with Crippen molar-refractivity contribution in [2.24, 2.45) is 5.92 Å². The minimum Gasteiger partial charge on any atom is -0.247 e. The van der Waals surface area contributed by atoms with Gasteiger partial charge in [-0.05, 0) is 26.2 Å². The molecule has 3 heteroatoms. The van der Waals surface area contributed by atoms with Crippen molar-refractivity contribution < 1.29 is 0 Å². The van der Waals surface area contributed by atoms with Crippen LogP contribution in [-0.2, 0) is 5.54 Å². The normalized spacial score (nSPS) is 14.4. The number of nitrogens with zero attached hydrogens (tertiary/aromatic N) is 3. The number of rotatable bonds is 5. The molecule has 0 N–H and O–H groups in total. The minimum absolute atomic E-state index is 0.0801. The fraction of sp³-hybridized carbons (Fsp3) is 0.846. The lowest BCUT2D eigenvalue weighted by Gasteiger charge is -2.23. The summed E-state index contributed by atoms with van der Waals surface area (Å²) in [6.07, 6.45) is 4.41. The van der Waals surface area contributed by atoms with E-state index in [1.165, 1.54) is 6.42 Å². The first-order valence-corrected chi connectivity index (χ1v) is 6.31. The molecule has 1 atom stereocenters. The largest absolute Gasteiger partial charge is 0.247 e. The first-order valence-electron chi connectivity index (χ1n) is 6.31. The van der Waals surface area contributed by atoms with Gasteiger partial charge in [-0.3, -0.25) is 0 Å². The smallest absolute Gasteiger partial charge is 0.0858 e. The monoisotopic (exact) mass is 223 g/mol. The van der Waals surface area contributed by atoms with Crippen molar-refractivity contribution in [1.29, 1.82) is 0 Å². The topological polar surface area (TPSA) is 30.7 Å². The van der Waals surface area contributed by atoms with Gasteiger partial charge in [0.2, 0.25) is 0 Å². The average molecular weight is 223 g/mol. The van der Waals surface area contributed by atoms with Crippen LogP contribution in [-0.4, -0.2) is 15.0 Å². The van der Waals surface area contributed by atoms with Crippen LogP contribution in [0.25, 0.3) is 0 Å². The molecule has 0 aliphatic rings. The second kappa shape index (κ2) is 4.98. The molecule has 1 aromatic heterocycles. The van der Waals surface area contributed by atoms with Gasteiger partial charge >= 0.3 is 0 Å². The molecule has 0 spiro atoms. The van der Waals surface area contributed by atoms with Gasteiger partial charge in [-0.25, -0.2) is 4.68 Å². The SMILES string of the molecule is CCCC(C)(C)n1cc(C(C)C(C)C)nn1. The molecule has 0 aliphatic heterocycles. The van der Waals surface area contributed by atoms with E-state index >= 15 is 0 Å². The lowest BCUT2D eigenvalue weighted by molar-refractivity contribution is 0.286. The Morgan fingerprint density at radius 3 is 2.44 bits per heavy atom. The van der Waals surface area contributed by atoms with Crippen LogP contribution in [0.15, 0.2) is 6.20 Å². The summed E-state index contributed by atoms with van der Waals surface area (Å²) in [5.41, 5.74) is 1.19. The molecule has 16 heavy (non-hydrogen) atoms.